The predicted octanol–water partition coefficient (Wildman–Crippen LogP) is 2.54. The second-order valence-corrected chi connectivity index (χ2v) is 3.95. The maximum absolute atomic E-state index is 4.35. The SMILES string of the molecule is CCC12CCC(C)(C1)N=N2. The molecule has 1 heterocycles. The fraction of sp³-hybridized carbons (Fsp3) is 1.00. The first-order valence-corrected chi connectivity index (χ1v) is 4.12. The number of fused-ring (bicyclic) bond motifs is 2. The molecule has 2 heteroatoms. The molecule has 0 saturated heterocycles. The van der Waals surface area contributed by atoms with Crippen LogP contribution in [0, 0.1) is 0 Å². The van der Waals surface area contributed by atoms with Crippen molar-refractivity contribution in [3.05, 3.63) is 0 Å². The Morgan fingerprint density at radius 1 is 1.30 bits per heavy atom. The molecule has 1 aliphatic heterocycles. The zero-order chi connectivity index (χ0) is 7.24. The molecule has 0 radical (unpaired) electrons. The Morgan fingerprint density at radius 2 is 2.10 bits per heavy atom. The van der Waals surface area contributed by atoms with Crippen LogP contribution in [0.5, 0.6) is 0 Å². The highest BCUT2D eigenvalue weighted by Crippen LogP contribution is 2.50. The molecule has 0 amide bonds. The Kier molecular flexibility index (Phi) is 1.01. The van der Waals surface area contributed by atoms with E-state index < -0.39 is 0 Å². The lowest BCUT2D eigenvalue weighted by Crippen LogP contribution is -2.18. The van der Waals surface area contributed by atoms with Crippen molar-refractivity contribution in [2.75, 3.05) is 0 Å². The fourth-order valence-electron chi connectivity index (χ4n) is 2.16. The summed E-state index contributed by atoms with van der Waals surface area (Å²) in [5, 5.41) is 8.65. The van der Waals surface area contributed by atoms with Crippen molar-refractivity contribution in [2.24, 2.45) is 10.2 Å². The number of azo groups is 1. The zero-order valence-electron chi connectivity index (χ0n) is 6.72. The zero-order valence-corrected chi connectivity index (χ0v) is 6.72. The van der Waals surface area contributed by atoms with E-state index in [0.717, 1.165) is 0 Å². The van der Waals surface area contributed by atoms with Crippen LogP contribution in [-0.4, -0.2) is 11.1 Å². The van der Waals surface area contributed by atoms with Crippen LogP contribution < -0.4 is 0 Å². The van der Waals surface area contributed by atoms with Crippen LogP contribution in [0.3, 0.4) is 0 Å². The van der Waals surface area contributed by atoms with Crippen LogP contribution in [0.25, 0.3) is 0 Å². The van der Waals surface area contributed by atoms with Gasteiger partial charge in [-0.1, -0.05) is 6.92 Å². The molecule has 0 aromatic carbocycles. The summed E-state index contributed by atoms with van der Waals surface area (Å²) >= 11 is 0. The molecule has 0 spiro atoms. The normalized spacial score (nSPS) is 50.6. The average molecular weight is 138 g/mol. The highest BCUT2D eigenvalue weighted by molar-refractivity contribution is 5.08. The lowest BCUT2D eigenvalue weighted by Gasteiger charge is -2.16. The van der Waals surface area contributed by atoms with E-state index in [1.54, 1.807) is 0 Å². The van der Waals surface area contributed by atoms with Gasteiger partial charge >= 0.3 is 0 Å². The average Bonchev–Trinajstić information content (AvgIpc) is 2.42. The number of hydrogen-bond acceptors (Lipinski definition) is 2. The predicted molar refractivity (Wildman–Crippen MR) is 40.1 cm³/mol. The third-order valence-electron chi connectivity index (χ3n) is 3.00. The van der Waals surface area contributed by atoms with Crippen molar-refractivity contribution >= 4 is 0 Å². The van der Waals surface area contributed by atoms with Gasteiger partial charge in [0.25, 0.3) is 0 Å². The van der Waals surface area contributed by atoms with Crippen LogP contribution in [0.1, 0.15) is 39.5 Å². The van der Waals surface area contributed by atoms with Gasteiger partial charge in [-0.25, -0.2) is 0 Å². The molecular weight excluding hydrogens is 124 g/mol. The Hall–Kier alpha value is -0.400. The molecule has 1 saturated carbocycles. The quantitative estimate of drug-likeness (QED) is 0.532. The Labute approximate surface area is 61.7 Å². The van der Waals surface area contributed by atoms with E-state index in [1.165, 1.54) is 25.7 Å². The molecule has 1 fully saturated rings. The minimum atomic E-state index is 0.232. The largest absolute Gasteiger partial charge is 0.187 e. The van der Waals surface area contributed by atoms with Gasteiger partial charge in [0.05, 0.1) is 11.1 Å². The fourth-order valence-corrected chi connectivity index (χ4v) is 2.16. The van der Waals surface area contributed by atoms with Crippen LogP contribution in [0.2, 0.25) is 0 Å². The summed E-state index contributed by atoms with van der Waals surface area (Å²) in [6.07, 6.45) is 4.90. The van der Waals surface area contributed by atoms with E-state index in [0.29, 0.717) is 0 Å². The summed E-state index contributed by atoms with van der Waals surface area (Å²) in [6, 6.07) is 0. The second-order valence-electron chi connectivity index (χ2n) is 3.95. The van der Waals surface area contributed by atoms with Crippen LogP contribution in [-0.2, 0) is 0 Å². The van der Waals surface area contributed by atoms with E-state index >= 15 is 0 Å². The topological polar surface area (TPSA) is 24.7 Å². The van der Waals surface area contributed by atoms with Gasteiger partial charge < -0.3 is 0 Å². The second kappa shape index (κ2) is 1.60. The molecule has 0 N–H and O–H groups in total. The molecule has 1 aliphatic carbocycles. The summed E-state index contributed by atoms with van der Waals surface area (Å²) in [5.41, 5.74) is 0.505. The first-order valence-electron chi connectivity index (χ1n) is 4.12. The molecular formula is C8H14N2. The van der Waals surface area contributed by atoms with E-state index in [-0.39, 0.29) is 11.1 Å². The third kappa shape index (κ3) is 0.648. The standard InChI is InChI=1S/C8H14N2/c1-3-8-5-4-7(2,6-8)9-10-8/h3-6H2,1-2H3. The number of nitrogens with zero attached hydrogens (tertiary/aromatic N) is 2. The molecule has 2 nitrogen and oxygen atoms in total. The van der Waals surface area contributed by atoms with E-state index in [1.807, 2.05) is 0 Å². The van der Waals surface area contributed by atoms with Gasteiger partial charge in [0.15, 0.2) is 0 Å². The molecule has 2 rings (SSSR count). The van der Waals surface area contributed by atoms with Gasteiger partial charge in [0.2, 0.25) is 0 Å². The summed E-state index contributed by atoms with van der Waals surface area (Å²) < 4.78 is 0. The van der Waals surface area contributed by atoms with Crippen LogP contribution in [0.15, 0.2) is 10.2 Å². The van der Waals surface area contributed by atoms with Gasteiger partial charge in [0.1, 0.15) is 0 Å². The molecule has 2 aliphatic rings. The molecule has 56 valence electrons. The lowest BCUT2D eigenvalue weighted by atomic mass is 9.94. The van der Waals surface area contributed by atoms with E-state index in [9.17, 15) is 0 Å². The van der Waals surface area contributed by atoms with Crippen molar-refractivity contribution < 1.29 is 0 Å². The van der Waals surface area contributed by atoms with Crippen molar-refractivity contribution in [2.45, 2.75) is 50.6 Å². The van der Waals surface area contributed by atoms with Crippen molar-refractivity contribution in [1.29, 1.82) is 0 Å². The van der Waals surface area contributed by atoms with Crippen LogP contribution in [0.4, 0.5) is 0 Å². The first-order chi connectivity index (χ1) is 4.68. The lowest BCUT2D eigenvalue weighted by molar-refractivity contribution is 0.426. The van der Waals surface area contributed by atoms with Gasteiger partial charge in [-0.05, 0) is 26.2 Å². The monoisotopic (exact) mass is 138 g/mol. The molecule has 2 atom stereocenters. The minimum Gasteiger partial charge on any atom is -0.187 e. The van der Waals surface area contributed by atoms with Crippen molar-refractivity contribution in [3.63, 3.8) is 0 Å². The Morgan fingerprint density at radius 3 is 2.30 bits per heavy atom. The Balaban J connectivity index is 2.28. The summed E-state index contributed by atoms with van der Waals surface area (Å²) in [6.45, 7) is 4.44. The molecule has 10 heavy (non-hydrogen) atoms. The maximum Gasteiger partial charge on any atom is 0.0838 e. The molecule has 0 aromatic rings. The van der Waals surface area contributed by atoms with E-state index in [2.05, 4.69) is 24.1 Å². The van der Waals surface area contributed by atoms with E-state index in [4.69, 9.17) is 0 Å². The number of rotatable bonds is 1. The van der Waals surface area contributed by atoms with Crippen molar-refractivity contribution in [1.82, 2.24) is 0 Å². The molecule has 2 bridgehead atoms. The van der Waals surface area contributed by atoms with Gasteiger partial charge in [-0.15, -0.1) is 0 Å². The summed E-state index contributed by atoms with van der Waals surface area (Å²) in [4.78, 5) is 0. The van der Waals surface area contributed by atoms with Gasteiger partial charge in [-0.3, -0.25) is 0 Å². The molecule has 2 unspecified atom stereocenters. The highest BCUT2D eigenvalue weighted by atomic mass is 15.3. The Bertz CT molecular complexity index is 188. The van der Waals surface area contributed by atoms with Crippen LogP contribution >= 0.6 is 0 Å². The van der Waals surface area contributed by atoms with Crippen molar-refractivity contribution in [3.8, 4) is 0 Å². The maximum atomic E-state index is 4.35. The van der Waals surface area contributed by atoms with Gasteiger partial charge in [-0.2, -0.15) is 10.2 Å². The first kappa shape index (κ1) is 6.32. The summed E-state index contributed by atoms with van der Waals surface area (Å²) in [5.74, 6) is 0. The molecule has 0 aromatic heterocycles. The third-order valence-corrected chi connectivity index (χ3v) is 3.00. The summed E-state index contributed by atoms with van der Waals surface area (Å²) in [7, 11) is 0. The minimum absolute atomic E-state index is 0.232. The smallest absolute Gasteiger partial charge is 0.0838 e. The highest BCUT2D eigenvalue weighted by Gasteiger charge is 2.49. The van der Waals surface area contributed by atoms with Gasteiger partial charge in [0, 0.05) is 6.42 Å². The number of hydrogen-bond donors (Lipinski definition) is 0.